The van der Waals surface area contributed by atoms with E-state index in [2.05, 4.69) is 20.0 Å². The van der Waals surface area contributed by atoms with E-state index in [4.69, 9.17) is 16.7 Å². The number of aromatic nitrogens is 3. The molecule has 1 fully saturated rings. The molecular weight excluding hydrogens is 374 g/mol. The molecule has 0 spiro atoms. The molecule has 0 saturated carbocycles. The highest BCUT2D eigenvalue weighted by molar-refractivity contribution is 7.71. The summed E-state index contributed by atoms with van der Waals surface area (Å²) >= 11 is 5.22. The predicted octanol–water partition coefficient (Wildman–Crippen LogP) is 3.06. The van der Waals surface area contributed by atoms with E-state index in [0.29, 0.717) is 41.6 Å². The zero-order valence-electron chi connectivity index (χ0n) is 15.6. The molecule has 0 bridgehead atoms. The average Bonchev–Trinajstić information content (AvgIpc) is 3.17. The minimum absolute atomic E-state index is 0.0269. The summed E-state index contributed by atoms with van der Waals surface area (Å²) in [5.74, 6) is 1.16. The number of hydrogen-bond acceptors (Lipinski definition) is 6. The largest absolute Gasteiger partial charge is 0.352 e. The minimum Gasteiger partial charge on any atom is -0.352 e. The minimum atomic E-state index is -0.0269. The molecule has 8 heteroatoms. The van der Waals surface area contributed by atoms with Gasteiger partial charge in [0.25, 0.3) is 5.91 Å². The van der Waals surface area contributed by atoms with Crippen molar-refractivity contribution in [2.45, 2.75) is 13.5 Å². The maximum absolute atomic E-state index is 12.6. The normalized spacial score (nSPS) is 15.0. The highest BCUT2D eigenvalue weighted by Crippen LogP contribution is 2.17. The number of rotatable bonds is 4. The number of nitrogens with one attached hydrogen (secondary N) is 1. The van der Waals surface area contributed by atoms with Gasteiger partial charge in [-0.25, -0.2) is 0 Å². The number of carbonyl (C=O) groups excluding carboxylic acids is 1. The zero-order chi connectivity index (χ0) is 19.5. The molecule has 1 aromatic carbocycles. The highest BCUT2D eigenvalue weighted by atomic mass is 32.1. The molecule has 0 unspecified atom stereocenters. The van der Waals surface area contributed by atoms with Gasteiger partial charge in [-0.2, -0.15) is 4.98 Å². The fourth-order valence-electron chi connectivity index (χ4n) is 3.20. The van der Waals surface area contributed by atoms with Gasteiger partial charge in [0.15, 0.2) is 0 Å². The lowest BCUT2D eigenvalue weighted by atomic mass is 10.1. The SMILES string of the molecule is Cc1ccc(-c2noc(CN3CCN(C(=O)c4ccc[nH]c4=S)CC3)n2)cc1. The summed E-state index contributed by atoms with van der Waals surface area (Å²) in [4.78, 5) is 24.1. The Kier molecular flexibility index (Phi) is 5.31. The predicted molar refractivity (Wildman–Crippen MR) is 107 cm³/mol. The zero-order valence-corrected chi connectivity index (χ0v) is 16.4. The van der Waals surface area contributed by atoms with Crippen LogP contribution in [0.15, 0.2) is 47.1 Å². The summed E-state index contributed by atoms with van der Waals surface area (Å²) in [6, 6.07) is 11.6. The summed E-state index contributed by atoms with van der Waals surface area (Å²) in [5, 5.41) is 4.08. The van der Waals surface area contributed by atoms with Crippen molar-refractivity contribution in [2.75, 3.05) is 26.2 Å². The first-order valence-electron chi connectivity index (χ1n) is 9.19. The molecule has 3 aromatic rings. The van der Waals surface area contributed by atoms with E-state index >= 15 is 0 Å². The maximum Gasteiger partial charge on any atom is 0.256 e. The van der Waals surface area contributed by atoms with Crippen molar-refractivity contribution in [1.29, 1.82) is 0 Å². The van der Waals surface area contributed by atoms with Crippen LogP contribution in [0.3, 0.4) is 0 Å². The van der Waals surface area contributed by atoms with Gasteiger partial charge in [-0.05, 0) is 19.1 Å². The summed E-state index contributed by atoms with van der Waals surface area (Å²) in [7, 11) is 0. The van der Waals surface area contributed by atoms with Gasteiger partial charge in [-0.1, -0.05) is 47.2 Å². The third-order valence-corrected chi connectivity index (χ3v) is 5.18. The second kappa shape index (κ2) is 8.04. The second-order valence-corrected chi connectivity index (χ2v) is 7.27. The Labute approximate surface area is 168 Å². The van der Waals surface area contributed by atoms with Crippen LogP contribution >= 0.6 is 12.2 Å². The van der Waals surface area contributed by atoms with Crippen molar-refractivity contribution in [1.82, 2.24) is 24.9 Å². The number of pyridine rings is 1. The monoisotopic (exact) mass is 395 g/mol. The Hall–Kier alpha value is -2.84. The first-order valence-corrected chi connectivity index (χ1v) is 9.60. The van der Waals surface area contributed by atoms with Crippen LogP contribution in [0.25, 0.3) is 11.4 Å². The molecule has 0 aliphatic carbocycles. The number of carbonyl (C=O) groups is 1. The van der Waals surface area contributed by atoms with Gasteiger partial charge in [0.05, 0.1) is 12.1 Å². The second-order valence-electron chi connectivity index (χ2n) is 6.86. The lowest BCUT2D eigenvalue weighted by Gasteiger charge is -2.33. The van der Waals surface area contributed by atoms with Crippen molar-refractivity contribution in [3.05, 3.63) is 64.3 Å². The molecule has 28 heavy (non-hydrogen) atoms. The molecule has 4 rings (SSSR count). The number of aromatic amines is 1. The molecule has 0 radical (unpaired) electrons. The molecule has 1 amide bonds. The number of hydrogen-bond donors (Lipinski definition) is 1. The molecule has 1 aliphatic rings. The van der Waals surface area contributed by atoms with Gasteiger partial charge < -0.3 is 14.4 Å². The lowest BCUT2D eigenvalue weighted by molar-refractivity contribution is 0.0614. The van der Waals surface area contributed by atoms with E-state index < -0.39 is 0 Å². The first-order chi connectivity index (χ1) is 13.6. The van der Waals surface area contributed by atoms with Crippen LogP contribution in [0.4, 0.5) is 0 Å². The summed E-state index contributed by atoms with van der Waals surface area (Å²) in [6.45, 7) is 5.39. The quantitative estimate of drug-likeness (QED) is 0.684. The van der Waals surface area contributed by atoms with Gasteiger partial charge >= 0.3 is 0 Å². The van der Waals surface area contributed by atoms with Gasteiger partial charge in [-0.15, -0.1) is 0 Å². The van der Waals surface area contributed by atoms with Crippen molar-refractivity contribution >= 4 is 18.1 Å². The number of benzene rings is 1. The van der Waals surface area contributed by atoms with Crippen LogP contribution in [-0.4, -0.2) is 57.0 Å². The fraction of sp³-hybridized carbons (Fsp3) is 0.300. The van der Waals surface area contributed by atoms with E-state index in [1.807, 2.05) is 36.1 Å². The van der Waals surface area contributed by atoms with Crippen molar-refractivity contribution < 1.29 is 9.32 Å². The molecule has 1 saturated heterocycles. The van der Waals surface area contributed by atoms with Crippen LogP contribution in [0.1, 0.15) is 21.8 Å². The van der Waals surface area contributed by atoms with Gasteiger partial charge in [0.1, 0.15) is 4.64 Å². The van der Waals surface area contributed by atoms with Crippen molar-refractivity contribution in [3.63, 3.8) is 0 Å². The van der Waals surface area contributed by atoms with Crippen molar-refractivity contribution in [3.8, 4) is 11.4 Å². The summed E-state index contributed by atoms with van der Waals surface area (Å²) in [5.41, 5.74) is 2.68. The van der Waals surface area contributed by atoms with Gasteiger partial charge in [0, 0.05) is 37.9 Å². The Balaban J connectivity index is 1.35. The Morgan fingerprint density at radius 2 is 1.93 bits per heavy atom. The number of aryl methyl sites for hydroxylation is 1. The number of nitrogens with zero attached hydrogens (tertiary/aromatic N) is 4. The van der Waals surface area contributed by atoms with E-state index in [-0.39, 0.29) is 5.91 Å². The van der Waals surface area contributed by atoms with Gasteiger partial charge in [-0.3, -0.25) is 9.69 Å². The Morgan fingerprint density at radius 3 is 2.64 bits per heavy atom. The molecule has 144 valence electrons. The van der Waals surface area contributed by atoms with Crippen LogP contribution in [0.5, 0.6) is 0 Å². The first kappa shape index (κ1) is 18.5. The Morgan fingerprint density at radius 1 is 1.18 bits per heavy atom. The van der Waals surface area contributed by atoms with Gasteiger partial charge in [0.2, 0.25) is 11.7 Å². The molecule has 2 aromatic heterocycles. The highest BCUT2D eigenvalue weighted by Gasteiger charge is 2.24. The average molecular weight is 395 g/mol. The van der Waals surface area contributed by atoms with E-state index in [1.54, 1.807) is 18.3 Å². The fourth-order valence-corrected chi connectivity index (χ4v) is 3.42. The van der Waals surface area contributed by atoms with Crippen LogP contribution in [0.2, 0.25) is 0 Å². The van der Waals surface area contributed by atoms with Crippen LogP contribution in [-0.2, 0) is 6.54 Å². The third-order valence-electron chi connectivity index (χ3n) is 4.84. The van der Waals surface area contributed by atoms with Crippen LogP contribution < -0.4 is 0 Å². The number of piperazine rings is 1. The van der Waals surface area contributed by atoms with E-state index in [9.17, 15) is 4.79 Å². The maximum atomic E-state index is 12.6. The number of amides is 1. The molecular formula is C20H21N5O2S. The topological polar surface area (TPSA) is 78.3 Å². The molecule has 3 heterocycles. The molecule has 1 N–H and O–H groups in total. The van der Waals surface area contributed by atoms with Crippen LogP contribution in [0, 0.1) is 11.6 Å². The standard InChI is InChI=1S/C20H21N5O2S/c1-14-4-6-15(7-5-14)18-22-17(27-23-18)13-24-9-11-25(12-10-24)20(26)16-3-2-8-21-19(16)28/h2-8H,9-13H2,1H3,(H,21,28). The lowest BCUT2D eigenvalue weighted by Crippen LogP contribution is -2.48. The third kappa shape index (κ3) is 4.02. The Bertz CT molecular complexity index is 1020. The van der Waals surface area contributed by atoms with E-state index in [1.165, 1.54) is 5.56 Å². The smallest absolute Gasteiger partial charge is 0.256 e. The number of H-pyrrole nitrogens is 1. The summed E-state index contributed by atoms with van der Waals surface area (Å²) < 4.78 is 5.89. The van der Waals surface area contributed by atoms with E-state index in [0.717, 1.165) is 18.7 Å². The summed E-state index contributed by atoms with van der Waals surface area (Å²) in [6.07, 6.45) is 1.73. The molecule has 1 aliphatic heterocycles. The van der Waals surface area contributed by atoms with Crippen molar-refractivity contribution in [2.24, 2.45) is 0 Å². The molecule has 0 atom stereocenters. The molecule has 7 nitrogen and oxygen atoms in total.